The van der Waals surface area contributed by atoms with Crippen molar-refractivity contribution in [2.45, 2.75) is 52.2 Å². The lowest BCUT2D eigenvalue weighted by Crippen LogP contribution is -2.53. The third-order valence-electron chi connectivity index (χ3n) is 6.12. The number of nitrogens with zero attached hydrogens (tertiary/aromatic N) is 1. The van der Waals surface area contributed by atoms with Crippen LogP contribution in [-0.4, -0.2) is 35.4 Å². The number of benzene rings is 3. The highest BCUT2D eigenvalue weighted by molar-refractivity contribution is 6.35. The number of aryl methyl sites for hydroxylation is 1. The Morgan fingerprint density at radius 2 is 1.69 bits per heavy atom. The van der Waals surface area contributed by atoms with Crippen LogP contribution in [0.15, 0.2) is 72.8 Å². The summed E-state index contributed by atoms with van der Waals surface area (Å²) in [7, 11) is 0. The van der Waals surface area contributed by atoms with Crippen molar-refractivity contribution in [1.82, 2.24) is 10.2 Å². The molecule has 0 radical (unpaired) electrons. The summed E-state index contributed by atoms with van der Waals surface area (Å²) in [5, 5.41) is 3.86. The minimum absolute atomic E-state index is 0.0182. The van der Waals surface area contributed by atoms with Gasteiger partial charge in [-0.3, -0.25) is 9.59 Å². The average molecular weight is 527 g/mol. The first-order valence-corrected chi connectivity index (χ1v) is 12.8. The molecule has 5 nitrogen and oxygen atoms in total. The molecule has 0 fully saturated rings. The van der Waals surface area contributed by atoms with Crippen molar-refractivity contribution in [2.75, 3.05) is 6.61 Å². The van der Waals surface area contributed by atoms with Crippen molar-refractivity contribution in [1.29, 1.82) is 0 Å². The number of carbonyl (C=O) groups excluding carboxylic acids is 2. The summed E-state index contributed by atoms with van der Waals surface area (Å²) < 4.78 is 5.77. The van der Waals surface area contributed by atoms with E-state index in [0.717, 1.165) is 23.1 Å². The molecule has 0 saturated heterocycles. The van der Waals surface area contributed by atoms with Gasteiger partial charge in [0.2, 0.25) is 5.91 Å². The van der Waals surface area contributed by atoms with Gasteiger partial charge in [0.05, 0.1) is 5.02 Å². The first kappa shape index (κ1) is 27.6. The number of hydrogen-bond acceptors (Lipinski definition) is 3. The third kappa shape index (κ3) is 7.74. The van der Waals surface area contributed by atoms with Gasteiger partial charge in [0.15, 0.2) is 6.61 Å². The molecule has 0 aliphatic heterocycles. The summed E-state index contributed by atoms with van der Waals surface area (Å²) in [6, 6.07) is 21.7. The van der Waals surface area contributed by atoms with Crippen LogP contribution in [0.1, 0.15) is 37.0 Å². The maximum Gasteiger partial charge on any atom is 0.261 e. The van der Waals surface area contributed by atoms with E-state index in [9.17, 15) is 9.59 Å². The number of nitrogens with one attached hydrogen (secondary N) is 1. The van der Waals surface area contributed by atoms with Crippen molar-refractivity contribution in [3.63, 3.8) is 0 Å². The molecule has 0 spiro atoms. The lowest BCUT2D eigenvalue weighted by Gasteiger charge is -2.32. The predicted octanol–water partition coefficient (Wildman–Crippen LogP) is 6.24. The topological polar surface area (TPSA) is 58.6 Å². The fourth-order valence-electron chi connectivity index (χ4n) is 3.78. The van der Waals surface area contributed by atoms with Gasteiger partial charge in [-0.15, -0.1) is 0 Å². The molecule has 3 rings (SSSR count). The molecule has 0 bridgehead atoms. The Bertz CT molecular complexity index is 1170. The quantitative estimate of drug-likeness (QED) is 0.322. The molecule has 0 heterocycles. The van der Waals surface area contributed by atoms with E-state index in [4.69, 9.17) is 27.9 Å². The van der Waals surface area contributed by atoms with Gasteiger partial charge >= 0.3 is 0 Å². The number of halogens is 2. The summed E-state index contributed by atoms with van der Waals surface area (Å²) in [6.07, 6.45) is 1.16. The molecule has 2 atom stereocenters. The molecule has 0 aliphatic rings. The van der Waals surface area contributed by atoms with Gasteiger partial charge in [-0.2, -0.15) is 0 Å². The van der Waals surface area contributed by atoms with Crippen molar-refractivity contribution in [2.24, 2.45) is 0 Å². The van der Waals surface area contributed by atoms with Crippen molar-refractivity contribution < 1.29 is 14.3 Å². The lowest BCUT2D eigenvalue weighted by atomic mass is 10.0. The number of carbonyl (C=O) groups is 2. The predicted molar refractivity (Wildman–Crippen MR) is 146 cm³/mol. The van der Waals surface area contributed by atoms with E-state index in [1.54, 1.807) is 23.1 Å². The van der Waals surface area contributed by atoms with Crippen LogP contribution < -0.4 is 10.1 Å². The largest absolute Gasteiger partial charge is 0.482 e. The smallest absolute Gasteiger partial charge is 0.261 e. The fraction of sp³-hybridized carbons (Fsp3) is 0.310. The Morgan fingerprint density at radius 1 is 1.00 bits per heavy atom. The van der Waals surface area contributed by atoms with Crippen LogP contribution in [0.25, 0.3) is 0 Å². The molecule has 0 unspecified atom stereocenters. The van der Waals surface area contributed by atoms with Crippen molar-refractivity contribution in [3.8, 4) is 5.75 Å². The highest BCUT2D eigenvalue weighted by Gasteiger charge is 2.31. The van der Waals surface area contributed by atoms with Gasteiger partial charge in [-0.05, 0) is 55.2 Å². The minimum atomic E-state index is -0.724. The number of rotatable bonds is 11. The van der Waals surface area contributed by atoms with Crippen LogP contribution in [0.4, 0.5) is 0 Å². The molecular weight excluding hydrogens is 495 g/mol. The molecule has 2 amide bonds. The van der Waals surface area contributed by atoms with Crippen molar-refractivity contribution >= 4 is 35.0 Å². The van der Waals surface area contributed by atoms with E-state index >= 15 is 0 Å². The van der Waals surface area contributed by atoms with Crippen LogP contribution in [0, 0.1) is 6.92 Å². The van der Waals surface area contributed by atoms with Gasteiger partial charge in [0.1, 0.15) is 11.8 Å². The fourth-order valence-corrected chi connectivity index (χ4v) is 4.24. The third-order valence-corrected chi connectivity index (χ3v) is 6.65. The van der Waals surface area contributed by atoms with Gasteiger partial charge < -0.3 is 15.0 Å². The maximum atomic E-state index is 13.7. The van der Waals surface area contributed by atoms with E-state index in [2.05, 4.69) is 5.32 Å². The number of amides is 2. The zero-order valence-electron chi connectivity index (χ0n) is 20.8. The number of ether oxygens (including phenoxy) is 1. The van der Waals surface area contributed by atoms with E-state index < -0.39 is 6.04 Å². The van der Waals surface area contributed by atoms with Gasteiger partial charge in [-0.1, -0.05) is 84.7 Å². The second-order valence-corrected chi connectivity index (χ2v) is 9.68. The molecule has 3 aromatic carbocycles. The molecule has 0 aliphatic carbocycles. The SMILES string of the molecule is CC[C@@H](C)NC(=O)[C@@H](Cc1ccccc1)N(Cc1ccccc1C)C(=O)COc1ccc(Cl)cc1Cl. The van der Waals surface area contributed by atoms with Crippen LogP contribution in [0.2, 0.25) is 10.0 Å². The molecule has 190 valence electrons. The Labute approximate surface area is 223 Å². The van der Waals surface area contributed by atoms with E-state index in [1.807, 2.05) is 75.4 Å². The van der Waals surface area contributed by atoms with E-state index in [1.165, 1.54) is 0 Å². The highest BCUT2D eigenvalue weighted by Crippen LogP contribution is 2.27. The standard InChI is InChI=1S/C29H32Cl2N2O3/c1-4-21(3)32-29(35)26(16-22-11-6-5-7-12-22)33(18-23-13-9-8-10-20(23)2)28(34)19-36-27-15-14-24(30)17-25(27)31/h5-15,17,21,26H,4,16,18-19H2,1-3H3,(H,32,35)/t21-,26-/m1/s1. The Morgan fingerprint density at radius 3 is 2.36 bits per heavy atom. The summed E-state index contributed by atoms with van der Waals surface area (Å²) in [4.78, 5) is 28.8. The van der Waals surface area contributed by atoms with E-state index in [0.29, 0.717) is 22.2 Å². The monoisotopic (exact) mass is 526 g/mol. The Hall–Kier alpha value is -3.02. The minimum Gasteiger partial charge on any atom is -0.482 e. The molecule has 36 heavy (non-hydrogen) atoms. The molecule has 0 aromatic heterocycles. The second kappa shape index (κ2) is 13.3. The summed E-state index contributed by atoms with van der Waals surface area (Å²) >= 11 is 12.2. The zero-order chi connectivity index (χ0) is 26.1. The highest BCUT2D eigenvalue weighted by atomic mass is 35.5. The second-order valence-electron chi connectivity index (χ2n) is 8.83. The first-order valence-electron chi connectivity index (χ1n) is 12.0. The Balaban J connectivity index is 1.93. The zero-order valence-corrected chi connectivity index (χ0v) is 22.4. The molecular formula is C29H32Cl2N2O3. The first-order chi connectivity index (χ1) is 17.3. The normalized spacial score (nSPS) is 12.5. The van der Waals surface area contributed by atoms with Gasteiger partial charge in [-0.25, -0.2) is 0 Å². The summed E-state index contributed by atoms with van der Waals surface area (Å²) in [5.74, 6) is -0.155. The van der Waals surface area contributed by atoms with Crippen molar-refractivity contribution in [3.05, 3.63) is 99.5 Å². The summed E-state index contributed by atoms with van der Waals surface area (Å²) in [5.41, 5.74) is 2.97. The molecule has 0 saturated carbocycles. The van der Waals surface area contributed by atoms with Crippen LogP contribution in [0.5, 0.6) is 5.75 Å². The van der Waals surface area contributed by atoms with Gasteiger partial charge in [0, 0.05) is 24.0 Å². The van der Waals surface area contributed by atoms with E-state index in [-0.39, 0.29) is 31.0 Å². The van der Waals surface area contributed by atoms with Gasteiger partial charge in [0.25, 0.3) is 5.91 Å². The molecule has 7 heteroatoms. The summed E-state index contributed by atoms with van der Waals surface area (Å²) in [6.45, 7) is 5.96. The molecule has 3 aromatic rings. The lowest BCUT2D eigenvalue weighted by molar-refractivity contribution is -0.143. The maximum absolute atomic E-state index is 13.7. The van der Waals surface area contributed by atoms with Crippen LogP contribution in [0.3, 0.4) is 0 Å². The molecule has 1 N–H and O–H groups in total. The van der Waals surface area contributed by atoms with Crippen LogP contribution in [-0.2, 0) is 22.6 Å². The average Bonchev–Trinajstić information content (AvgIpc) is 2.87. The number of hydrogen-bond donors (Lipinski definition) is 1. The Kier molecular flexibility index (Phi) is 10.2. The van der Waals surface area contributed by atoms with Crippen LogP contribution >= 0.6 is 23.2 Å².